The van der Waals surface area contributed by atoms with Gasteiger partial charge in [0.1, 0.15) is 6.54 Å². The van der Waals surface area contributed by atoms with Crippen molar-refractivity contribution >= 4 is 23.8 Å². The highest BCUT2D eigenvalue weighted by molar-refractivity contribution is 6.44. The van der Waals surface area contributed by atoms with Gasteiger partial charge in [0.15, 0.2) is 0 Å². The number of hydrogen-bond acceptors (Lipinski definition) is 4. The first-order valence-electron chi connectivity index (χ1n) is 10.0. The number of nitrogens with zero attached hydrogens (tertiary/aromatic N) is 3. The molecule has 0 N–H and O–H groups in total. The minimum absolute atomic E-state index is 0.0302. The molecule has 0 radical (unpaired) electrons. The number of likely N-dealkylation sites (tertiary alicyclic amines) is 1. The van der Waals surface area contributed by atoms with Crippen LogP contribution in [-0.2, 0) is 20.9 Å². The Morgan fingerprint density at radius 3 is 2.32 bits per heavy atom. The molecule has 3 aliphatic rings. The fourth-order valence-corrected chi connectivity index (χ4v) is 4.66. The molecule has 1 aromatic carbocycles. The summed E-state index contributed by atoms with van der Waals surface area (Å²) in [7, 11) is 0. The smallest absolute Gasteiger partial charge is 0.335 e. The van der Waals surface area contributed by atoms with Crippen molar-refractivity contribution in [2.45, 2.75) is 38.6 Å². The van der Waals surface area contributed by atoms with Crippen molar-refractivity contribution in [2.75, 3.05) is 19.6 Å². The summed E-state index contributed by atoms with van der Waals surface area (Å²) >= 11 is 0. The Morgan fingerprint density at radius 1 is 0.893 bits per heavy atom. The third-order valence-corrected chi connectivity index (χ3v) is 6.26. The highest BCUT2D eigenvalue weighted by atomic mass is 16.2. The van der Waals surface area contributed by atoms with Gasteiger partial charge < -0.3 is 4.90 Å². The quantitative estimate of drug-likeness (QED) is 0.589. The second-order valence-corrected chi connectivity index (χ2v) is 7.98. The number of fused-ring (bicyclic) bond motifs is 1. The van der Waals surface area contributed by atoms with Crippen LogP contribution in [0, 0.1) is 11.8 Å². The molecule has 2 atom stereocenters. The van der Waals surface area contributed by atoms with E-state index < -0.39 is 17.8 Å². The normalized spacial score (nSPS) is 25.3. The maximum Gasteiger partial charge on any atom is 0.335 e. The van der Waals surface area contributed by atoms with E-state index in [1.165, 1.54) is 19.3 Å². The first kappa shape index (κ1) is 18.7. The van der Waals surface area contributed by atoms with Crippen LogP contribution in [-0.4, -0.2) is 58.1 Å². The van der Waals surface area contributed by atoms with E-state index in [-0.39, 0.29) is 19.0 Å². The van der Waals surface area contributed by atoms with Gasteiger partial charge in [-0.05, 0) is 30.2 Å². The topological polar surface area (TPSA) is 78.0 Å². The summed E-state index contributed by atoms with van der Waals surface area (Å²) in [5, 5.41) is 0. The molecule has 28 heavy (non-hydrogen) atoms. The van der Waals surface area contributed by atoms with E-state index in [1.807, 2.05) is 6.07 Å². The lowest BCUT2D eigenvalue weighted by molar-refractivity contribution is -0.145. The lowest BCUT2D eigenvalue weighted by atomic mass is 9.75. The second kappa shape index (κ2) is 7.73. The third-order valence-electron chi connectivity index (χ3n) is 6.26. The van der Waals surface area contributed by atoms with E-state index >= 15 is 0 Å². The van der Waals surface area contributed by atoms with Crippen molar-refractivity contribution in [3.05, 3.63) is 35.9 Å². The van der Waals surface area contributed by atoms with E-state index in [1.54, 1.807) is 29.2 Å². The Kier molecular flexibility index (Phi) is 5.15. The third kappa shape index (κ3) is 3.53. The van der Waals surface area contributed by atoms with E-state index in [0.717, 1.165) is 28.2 Å². The largest absolute Gasteiger partial charge is 0.341 e. The van der Waals surface area contributed by atoms with Gasteiger partial charge in [0.05, 0.1) is 6.54 Å². The summed E-state index contributed by atoms with van der Waals surface area (Å²) in [4.78, 5) is 53.4. The van der Waals surface area contributed by atoms with Crippen molar-refractivity contribution in [3.8, 4) is 0 Å². The van der Waals surface area contributed by atoms with E-state index in [2.05, 4.69) is 0 Å². The van der Waals surface area contributed by atoms with Crippen molar-refractivity contribution in [2.24, 2.45) is 11.8 Å². The summed E-state index contributed by atoms with van der Waals surface area (Å²) in [5.41, 5.74) is 0.754. The van der Waals surface area contributed by atoms with Crippen molar-refractivity contribution in [1.29, 1.82) is 0 Å². The summed E-state index contributed by atoms with van der Waals surface area (Å²) in [6.45, 7) is 1.04. The molecule has 2 heterocycles. The Hall–Kier alpha value is -2.70. The molecule has 148 valence electrons. The first-order valence-corrected chi connectivity index (χ1v) is 10.0. The molecule has 3 fully saturated rings. The van der Waals surface area contributed by atoms with Gasteiger partial charge in [0.25, 0.3) is 0 Å². The molecule has 1 saturated carbocycles. The van der Waals surface area contributed by atoms with Crippen LogP contribution in [0.3, 0.4) is 0 Å². The fraction of sp³-hybridized carbons (Fsp3) is 0.524. The van der Waals surface area contributed by atoms with E-state index in [0.29, 0.717) is 24.9 Å². The molecule has 0 aromatic heterocycles. The van der Waals surface area contributed by atoms with Gasteiger partial charge in [-0.1, -0.05) is 49.6 Å². The number of rotatable bonds is 4. The Balaban J connectivity index is 1.40. The minimum Gasteiger partial charge on any atom is -0.341 e. The Labute approximate surface area is 164 Å². The standard InChI is InChI=1S/C21H25N3O4/c25-18(22-11-10-16-8-4-5-9-17(16)13-22)14-24-20(27)19(26)23(21(24)28)12-15-6-2-1-3-7-15/h1-3,6-7,16-17H,4-5,8-14H2/t16-,17-/m0/s1. The number of hydrogen-bond donors (Lipinski definition) is 0. The maximum atomic E-state index is 12.7. The van der Waals surface area contributed by atoms with Crippen LogP contribution in [0.15, 0.2) is 30.3 Å². The lowest BCUT2D eigenvalue weighted by Crippen LogP contribution is -2.49. The zero-order chi connectivity index (χ0) is 19.7. The summed E-state index contributed by atoms with van der Waals surface area (Å²) < 4.78 is 0. The molecule has 1 aromatic rings. The highest BCUT2D eigenvalue weighted by Crippen LogP contribution is 2.36. The molecule has 0 bridgehead atoms. The van der Waals surface area contributed by atoms with Gasteiger partial charge in [-0.15, -0.1) is 0 Å². The molecule has 0 unspecified atom stereocenters. The van der Waals surface area contributed by atoms with Crippen LogP contribution >= 0.6 is 0 Å². The SMILES string of the molecule is O=C(CN1C(=O)C(=O)N(Cc2ccccc2)C1=O)N1CC[C@@H]2CCCC[C@H]2C1. The van der Waals surface area contributed by atoms with Gasteiger partial charge in [-0.2, -0.15) is 0 Å². The minimum atomic E-state index is -0.915. The molecule has 2 aliphatic heterocycles. The summed E-state index contributed by atoms with van der Waals surface area (Å²) in [6.07, 6.45) is 5.83. The van der Waals surface area contributed by atoms with Gasteiger partial charge in [0.2, 0.25) is 5.91 Å². The van der Waals surface area contributed by atoms with Crippen LogP contribution in [0.1, 0.15) is 37.7 Å². The average Bonchev–Trinajstić information content (AvgIpc) is 2.92. The van der Waals surface area contributed by atoms with Gasteiger partial charge in [-0.25, -0.2) is 9.69 Å². The zero-order valence-corrected chi connectivity index (χ0v) is 15.9. The molecule has 7 nitrogen and oxygen atoms in total. The Morgan fingerprint density at radius 2 is 1.57 bits per heavy atom. The fourth-order valence-electron chi connectivity index (χ4n) is 4.66. The predicted octanol–water partition coefficient (Wildman–Crippen LogP) is 2.02. The van der Waals surface area contributed by atoms with Crippen molar-refractivity contribution in [3.63, 3.8) is 0 Å². The molecule has 1 aliphatic carbocycles. The van der Waals surface area contributed by atoms with Crippen molar-refractivity contribution < 1.29 is 19.2 Å². The number of imide groups is 2. The molecule has 7 heteroatoms. The summed E-state index contributed by atoms with van der Waals surface area (Å²) in [6, 6.07) is 8.31. The number of carbonyl (C=O) groups excluding carboxylic acids is 4. The predicted molar refractivity (Wildman–Crippen MR) is 101 cm³/mol. The van der Waals surface area contributed by atoms with Gasteiger partial charge in [0, 0.05) is 13.1 Å². The van der Waals surface area contributed by atoms with Crippen molar-refractivity contribution in [1.82, 2.24) is 14.7 Å². The number of urea groups is 1. The van der Waals surface area contributed by atoms with Crippen LogP contribution in [0.5, 0.6) is 0 Å². The van der Waals surface area contributed by atoms with Crippen LogP contribution < -0.4 is 0 Å². The lowest BCUT2D eigenvalue weighted by Gasteiger charge is -2.41. The summed E-state index contributed by atoms with van der Waals surface area (Å²) in [5.74, 6) is -0.821. The molecule has 4 rings (SSSR count). The van der Waals surface area contributed by atoms with E-state index in [4.69, 9.17) is 0 Å². The molecule has 0 spiro atoms. The molecule has 2 saturated heterocycles. The number of carbonyl (C=O) groups is 4. The second-order valence-electron chi connectivity index (χ2n) is 7.98. The van der Waals surface area contributed by atoms with Crippen LogP contribution in [0.2, 0.25) is 0 Å². The number of amides is 5. The average molecular weight is 383 g/mol. The van der Waals surface area contributed by atoms with Crippen LogP contribution in [0.25, 0.3) is 0 Å². The molecular formula is C21H25N3O4. The van der Waals surface area contributed by atoms with Crippen LogP contribution in [0.4, 0.5) is 4.79 Å². The van der Waals surface area contributed by atoms with Gasteiger partial charge in [-0.3, -0.25) is 19.3 Å². The Bertz CT molecular complexity index is 794. The zero-order valence-electron chi connectivity index (χ0n) is 15.9. The monoisotopic (exact) mass is 383 g/mol. The number of benzene rings is 1. The van der Waals surface area contributed by atoms with Gasteiger partial charge >= 0.3 is 17.8 Å². The number of piperidine rings is 1. The highest BCUT2D eigenvalue weighted by Gasteiger charge is 2.46. The van der Waals surface area contributed by atoms with E-state index in [9.17, 15) is 19.2 Å². The molecule has 5 amide bonds. The maximum absolute atomic E-state index is 12.7. The molecular weight excluding hydrogens is 358 g/mol. The first-order chi connectivity index (χ1) is 13.5.